The molecule has 1 aromatic heterocycles. The van der Waals surface area contributed by atoms with Crippen LogP contribution in [0.5, 0.6) is 0 Å². The maximum absolute atomic E-state index is 11.9. The fourth-order valence-corrected chi connectivity index (χ4v) is 2.96. The van der Waals surface area contributed by atoms with E-state index in [9.17, 15) is 19.2 Å². The molecule has 9 heteroatoms. The molecule has 1 fully saturated rings. The third-order valence-corrected chi connectivity index (χ3v) is 4.63. The summed E-state index contributed by atoms with van der Waals surface area (Å²) in [6, 6.07) is 0. The largest absolute Gasteiger partial charge is 0.466 e. The Morgan fingerprint density at radius 1 is 1.35 bits per heavy atom. The number of hydrogen-bond donors (Lipinski definition) is 1. The van der Waals surface area contributed by atoms with E-state index in [0.717, 1.165) is 0 Å². The fourth-order valence-electron chi connectivity index (χ4n) is 2.49. The van der Waals surface area contributed by atoms with Gasteiger partial charge in [-0.25, -0.2) is 4.79 Å². The van der Waals surface area contributed by atoms with Crippen molar-refractivity contribution in [3.8, 4) is 0 Å². The van der Waals surface area contributed by atoms with Gasteiger partial charge in [0, 0.05) is 37.9 Å². The van der Waals surface area contributed by atoms with E-state index >= 15 is 0 Å². The highest BCUT2D eigenvalue weighted by Gasteiger charge is 2.56. The summed E-state index contributed by atoms with van der Waals surface area (Å²) in [6.07, 6.45) is 2.13. The van der Waals surface area contributed by atoms with Crippen LogP contribution in [0, 0.1) is 14.9 Å². The van der Waals surface area contributed by atoms with E-state index in [0.29, 0.717) is 9.99 Å². The highest BCUT2D eigenvalue weighted by atomic mass is 127. The minimum Gasteiger partial charge on any atom is -0.466 e. The lowest BCUT2D eigenvalue weighted by Crippen LogP contribution is -2.35. The van der Waals surface area contributed by atoms with E-state index in [2.05, 4.69) is 4.98 Å². The van der Waals surface area contributed by atoms with Gasteiger partial charge in [0.05, 0.1) is 16.8 Å². The van der Waals surface area contributed by atoms with Crippen molar-refractivity contribution in [2.24, 2.45) is 11.3 Å². The molecule has 23 heavy (non-hydrogen) atoms. The molecule has 0 spiro atoms. The summed E-state index contributed by atoms with van der Waals surface area (Å²) in [7, 11) is 0. The number of carbonyl (C=O) groups is 2. The van der Waals surface area contributed by atoms with Gasteiger partial charge in [0.2, 0.25) is 0 Å². The zero-order chi connectivity index (χ0) is 17.2. The molecule has 8 nitrogen and oxygen atoms in total. The first kappa shape index (κ1) is 17.7. The zero-order valence-electron chi connectivity index (χ0n) is 12.8. The van der Waals surface area contributed by atoms with Crippen molar-refractivity contribution in [2.45, 2.75) is 26.8 Å². The van der Waals surface area contributed by atoms with Gasteiger partial charge in [-0.2, -0.15) is 0 Å². The van der Waals surface area contributed by atoms with Crippen molar-refractivity contribution in [1.29, 1.82) is 0 Å². The smallest absolute Gasteiger partial charge is 0.328 e. The average molecular weight is 436 g/mol. The van der Waals surface area contributed by atoms with E-state index in [4.69, 9.17) is 9.47 Å². The Balaban J connectivity index is 2.18. The predicted molar refractivity (Wildman–Crippen MR) is 87.8 cm³/mol. The molecule has 1 aromatic rings. The third kappa shape index (κ3) is 4.43. The van der Waals surface area contributed by atoms with Crippen molar-refractivity contribution < 1.29 is 19.1 Å². The van der Waals surface area contributed by atoms with Gasteiger partial charge in [0.15, 0.2) is 0 Å². The predicted octanol–water partition coefficient (Wildman–Crippen LogP) is 0.274. The first-order valence-electron chi connectivity index (χ1n) is 6.99. The average Bonchev–Trinajstić information content (AvgIpc) is 3.14. The Kier molecular flexibility index (Phi) is 5.27. The van der Waals surface area contributed by atoms with E-state index in [1.165, 1.54) is 24.6 Å². The minimum atomic E-state index is -0.518. The maximum atomic E-state index is 11.9. The Morgan fingerprint density at radius 3 is 2.61 bits per heavy atom. The highest BCUT2D eigenvalue weighted by molar-refractivity contribution is 14.1. The number of esters is 2. The molecule has 0 bridgehead atoms. The molecule has 1 aliphatic rings. The molecular formula is C14H17IN2O6. The number of nitrogens with zero attached hydrogens (tertiary/aromatic N) is 1. The maximum Gasteiger partial charge on any atom is 0.328 e. The highest BCUT2D eigenvalue weighted by Crippen LogP contribution is 2.54. The van der Waals surface area contributed by atoms with Crippen molar-refractivity contribution >= 4 is 34.5 Å². The second-order valence-corrected chi connectivity index (χ2v) is 6.87. The Hall–Kier alpha value is -1.65. The van der Waals surface area contributed by atoms with Gasteiger partial charge in [0.25, 0.3) is 5.56 Å². The first-order valence-corrected chi connectivity index (χ1v) is 8.07. The van der Waals surface area contributed by atoms with Crippen molar-refractivity contribution in [2.75, 3.05) is 13.2 Å². The SMILES string of the molecule is CC(=O)OCC1CC1(COC(C)=O)Cn1cc(I)c(=O)[nH]c1=O. The molecule has 0 saturated heterocycles. The van der Waals surface area contributed by atoms with Crippen molar-refractivity contribution in [3.63, 3.8) is 0 Å². The number of rotatable bonds is 6. The molecule has 1 N–H and O–H groups in total. The molecular weight excluding hydrogens is 419 g/mol. The Morgan fingerprint density at radius 2 is 2.00 bits per heavy atom. The van der Waals surface area contributed by atoms with Gasteiger partial charge in [0.1, 0.15) is 0 Å². The molecule has 2 unspecified atom stereocenters. The van der Waals surface area contributed by atoms with Gasteiger partial charge in [-0.1, -0.05) is 0 Å². The number of hydrogen-bond acceptors (Lipinski definition) is 6. The monoisotopic (exact) mass is 436 g/mol. The standard InChI is InChI=1S/C14H17IN2O6/c1-8(18)22-5-10-3-14(10,7-23-9(2)19)6-17-4-11(15)12(20)16-13(17)21/h4,10H,3,5-7H2,1-2H3,(H,16,20,21). The lowest BCUT2D eigenvalue weighted by Gasteiger charge is -2.18. The van der Waals surface area contributed by atoms with Crippen LogP contribution in [0.4, 0.5) is 0 Å². The molecule has 2 rings (SSSR count). The van der Waals surface area contributed by atoms with Crippen LogP contribution in [0.15, 0.2) is 15.8 Å². The lowest BCUT2D eigenvalue weighted by molar-refractivity contribution is -0.145. The molecule has 1 aliphatic carbocycles. The van der Waals surface area contributed by atoms with Gasteiger partial charge in [-0.05, 0) is 29.0 Å². The summed E-state index contributed by atoms with van der Waals surface area (Å²) in [5.41, 5.74) is -1.42. The molecule has 2 atom stereocenters. The van der Waals surface area contributed by atoms with E-state index < -0.39 is 22.6 Å². The quantitative estimate of drug-likeness (QED) is 0.507. The van der Waals surface area contributed by atoms with Crippen molar-refractivity contribution in [3.05, 3.63) is 30.6 Å². The van der Waals surface area contributed by atoms with Gasteiger partial charge >= 0.3 is 17.6 Å². The summed E-state index contributed by atoms with van der Waals surface area (Å²) in [6.45, 7) is 3.26. The number of aromatic nitrogens is 2. The number of halogens is 1. The van der Waals surface area contributed by atoms with E-state index in [-0.39, 0.29) is 31.6 Å². The zero-order valence-corrected chi connectivity index (χ0v) is 14.9. The number of ether oxygens (including phenoxy) is 2. The van der Waals surface area contributed by atoms with Crippen LogP contribution in [0.3, 0.4) is 0 Å². The molecule has 1 saturated carbocycles. The van der Waals surface area contributed by atoms with Gasteiger partial charge < -0.3 is 9.47 Å². The molecule has 0 amide bonds. The normalized spacial score (nSPS) is 22.5. The van der Waals surface area contributed by atoms with Crippen LogP contribution >= 0.6 is 22.6 Å². The fraction of sp³-hybridized carbons (Fsp3) is 0.571. The van der Waals surface area contributed by atoms with Crippen LogP contribution in [-0.4, -0.2) is 34.7 Å². The summed E-state index contributed by atoms with van der Waals surface area (Å²) in [4.78, 5) is 47.6. The second kappa shape index (κ2) is 6.85. The minimum absolute atomic E-state index is 0.00207. The van der Waals surface area contributed by atoms with Crippen molar-refractivity contribution in [1.82, 2.24) is 9.55 Å². The topological polar surface area (TPSA) is 107 Å². The molecule has 126 valence electrons. The van der Waals surface area contributed by atoms with Crippen LogP contribution in [0.25, 0.3) is 0 Å². The van der Waals surface area contributed by atoms with E-state index in [1.807, 2.05) is 22.6 Å². The van der Waals surface area contributed by atoms with Gasteiger partial charge in [-0.15, -0.1) is 0 Å². The van der Waals surface area contributed by atoms with Gasteiger partial charge in [-0.3, -0.25) is 23.9 Å². The number of carbonyl (C=O) groups excluding carboxylic acids is 2. The van der Waals surface area contributed by atoms with Crippen LogP contribution < -0.4 is 11.2 Å². The Labute approximate surface area is 145 Å². The summed E-state index contributed by atoms with van der Waals surface area (Å²) in [5, 5.41) is 0. The molecule has 0 aromatic carbocycles. The molecule has 1 heterocycles. The van der Waals surface area contributed by atoms with Crippen LogP contribution in [0.2, 0.25) is 0 Å². The summed E-state index contributed by atoms with van der Waals surface area (Å²) < 4.78 is 11.9. The van der Waals surface area contributed by atoms with Crippen LogP contribution in [0.1, 0.15) is 20.3 Å². The summed E-state index contributed by atoms with van der Waals surface area (Å²) >= 11 is 1.84. The number of nitrogens with one attached hydrogen (secondary N) is 1. The third-order valence-electron chi connectivity index (χ3n) is 3.86. The Bertz CT molecular complexity index is 740. The number of aromatic amines is 1. The molecule has 0 aliphatic heterocycles. The van der Waals surface area contributed by atoms with Crippen LogP contribution in [-0.2, 0) is 25.6 Å². The second-order valence-electron chi connectivity index (χ2n) is 5.71. The first-order chi connectivity index (χ1) is 10.7. The molecule has 0 radical (unpaired) electrons. The summed E-state index contributed by atoms with van der Waals surface area (Å²) in [5.74, 6) is -0.790. The lowest BCUT2D eigenvalue weighted by atomic mass is 10.1. The number of H-pyrrole nitrogens is 1. The van der Waals surface area contributed by atoms with E-state index in [1.54, 1.807) is 0 Å².